The standard InChI is InChI=1S/C25H22FN5OS/c1-15-21-13-22(33-25(21)30(28-15)14-18-9-11-19(26)12-10-18)24(32)27-23-16(2)29-31(17(23)3)20-7-5-4-6-8-20/h4-13H,14H2,1-3H3,(H,27,32). The quantitative estimate of drug-likeness (QED) is 0.369. The second kappa shape index (κ2) is 8.29. The summed E-state index contributed by atoms with van der Waals surface area (Å²) in [5.41, 5.74) is 5.07. The molecular weight excluding hydrogens is 437 g/mol. The number of amides is 1. The van der Waals surface area contributed by atoms with Crippen molar-refractivity contribution in [2.45, 2.75) is 27.3 Å². The molecule has 3 heterocycles. The lowest BCUT2D eigenvalue weighted by Crippen LogP contribution is -2.11. The Labute approximate surface area is 194 Å². The van der Waals surface area contributed by atoms with Gasteiger partial charge in [-0.3, -0.25) is 9.48 Å². The largest absolute Gasteiger partial charge is 0.318 e. The van der Waals surface area contributed by atoms with Gasteiger partial charge in [-0.05, 0) is 56.7 Å². The number of fused-ring (bicyclic) bond motifs is 1. The van der Waals surface area contributed by atoms with Crippen molar-refractivity contribution in [2.75, 3.05) is 5.32 Å². The summed E-state index contributed by atoms with van der Waals surface area (Å²) in [5, 5.41) is 13.2. The number of aromatic nitrogens is 4. The highest BCUT2D eigenvalue weighted by Crippen LogP contribution is 2.30. The van der Waals surface area contributed by atoms with Crippen molar-refractivity contribution >= 4 is 33.1 Å². The zero-order valence-electron chi connectivity index (χ0n) is 18.5. The minimum absolute atomic E-state index is 0.178. The number of halogens is 1. The Hall–Kier alpha value is -3.78. The van der Waals surface area contributed by atoms with Crippen molar-refractivity contribution in [1.29, 1.82) is 0 Å². The Kier molecular flexibility index (Phi) is 5.30. The van der Waals surface area contributed by atoms with Crippen LogP contribution in [0.3, 0.4) is 0 Å². The van der Waals surface area contributed by atoms with E-state index < -0.39 is 0 Å². The third-order valence-electron chi connectivity index (χ3n) is 5.61. The summed E-state index contributed by atoms with van der Waals surface area (Å²) < 4.78 is 16.9. The fourth-order valence-electron chi connectivity index (χ4n) is 3.91. The molecule has 0 aliphatic rings. The topological polar surface area (TPSA) is 64.7 Å². The fourth-order valence-corrected chi connectivity index (χ4v) is 4.97. The lowest BCUT2D eigenvalue weighted by molar-refractivity contribution is 0.103. The number of aryl methyl sites for hydroxylation is 2. The molecular formula is C25H22FN5OS. The van der Waals surface area contributed by atoms with Gasteiger partial charge in [0.1, 0.15) is 10.6 Å². The third-order valence-corrected chi connectivity index (χ3v) is 6.75. The van der Waals surface area contributed by atoms with Crippen LogP contribution < -0.4 is 5.32 Å². The monoisotopic (exact) mass is 459 g/mol. The molecule has 0 saturated carbocycles. The second-order valence-corrected chi connectivity index (χ2v) is 8.98. The first-order valence-corrected chi connectivity index (χ1v) is 11.4. The summed E-state index contributed by atoms with van der Waals surface area (Å²) in [4.78, 5) is 14.7. The van der Waals surface area contributed by atoms with E-state index in [4.69, 9.17) is 0 Å². The van der Waals surface area contributed by atoms with Gasteiger partial charge in [0.15, 0.2) is 0 Å². The molecule has 0 unspecified atom stereocenters. The molecule has 33 heavy (non-hydrogen) atoms. The Morgan fingerprint density at radius 1 is 1.00 bits per heavy atom. The second-order valence-electron chi connectivity index (χ2n) is 7.95. The summed E-state index contributed by atoms with van der Waals surface area (Å²) in [6.45, 7) is 6.26. The number of para-hydroxylation sites is 1. The maximum atomic E-state index is 13.2. The van der Waals surface area contributed by atoms with Crippen molar-refractivity contribution in [3.8, 4) is 5.69 Å². The molecule has 0 aliphatic heterocycles. The van der Waals surface area contributed by atoms with E-state index >= 15 is 0 Å². The van der Waals surface area contributed by atoms with Crippen LogP contribution in [-0.2, 0) is 6.54 Å². The van der Waals surface area contributed by atoms with Crippen molar-refractivity contribution in [3.05, 3.63) is 94.0 Å². The molecule has 0 fully saturated rings. The van der Waals surface area contributed by atoms with E-state index in [1.807, 2.05) is 66.5 Å². The molecule has 0 atom stereocenters. The molecule has 0 radical (unpaired) electrons. The first-order valence-electron chi connectivity index (χ1n) is 10.5. The molecule has 0 aliphatic carbocycles. The van der Waals surface area contributed by atoms with Crippen LogP contribution in [0.2, 0.25) is 0 Å². The van der Waals surface area contributed by atoms with Crippen LogP contribution in [0.4, 0.5) is 10.1 Å². The fraction of sp³-hybridized carbons (Fsp3) is 0.160. The van der Waals surface area contributed by atoms with Crippen LogP contribution in [-0.4, -0.2) is 25.5 Å². The summed E-state index contributed by atoms with van der Waals surface area (Å²) in [6, 6.07) is 18.1. The number of hydrogen-bond donors (Lipinski definition) is 1. The van der Waals surface area contributed by atoms with Crippen LogP contribution in [0, 0.1) is 26.6 Å². The molecule has 2 aromatic carbocycles. The van der Waals surface area contributed by atoms with E-state index in [9.17, 15) is 9.18 Å². The van der Waals surface area contributed by atoms with Crippen molar-refractivity contribution in [2.24, 2.45) is 0 Å². The third kappa shape index (κ3) is 3.93. The van der Waals surface area contributed by atoms with Gasteiger partial charge in [0, 0.05) is 5.39 Å². The molecule has 1 amide bonds. The number of carbonyl (C=O) groups is 1. The van der Waals surface area contributed by atoms with Crippen molar-refractivity contribution in [1.82, 2.24) is 19.6 Å². The van der Waals surface area contributed by atoms with Crippen LogP contribution in [0.15, 0.2) is 60.7 Å². The smallest absolute Gasteiger partial charge is 0.265 e. The minimum Gasteiger partial charge on any atom is -0.318 e. The van der Waals surface area contributed by atoms with Crippen molar-refractivity contribution < 1.29 is 9.18 Å². The predicted molar refractivity (Wildman–Crippen MR) is 129 cm³/mol. The van der Waals surface area contributed by atoms with Gasteiger partial charge in [-0.15, -0.1) is 11.3 Å². The first-order chi connectivity index (χ1) is 15.9. The van der Waals surface area contributed by atoms with Crippen LogP contribution >= 0.6 is 11.3 Å². The maximum absolute atomic E-state index is 13.2. The normalized spacial score (nSPS) is 11.3. The summed E-state index contributed by atoms with van der Waals surface area (Å²) in [5.74, 6) is -0.445. The summed E-state index contributed by atoms with van der Waals surface area (Å²) >= 11 is 1.40. The number of hydrogen-bond acceptors (Lipinski definition) is 4. The number of nitrogens with zero attached hydrogens (tertiary/aromatic N) is 4. The van der Waals surface area contributed by atoms with Gasteiger partial charge < -0.3 is 5.32 Å². The van der Waals surface area contributed by atoms with Crippen LogP contribution in [0.25, 0.3) is 15.9 Å². The number of carbonyl (C=O) groups excluding carboxylic acids is 1. The molecule has 5 rings (SSSR count). The maximum Gasteiger partial charge on any atom is 0.265 e. The molecule has 6 nitrogen and oxygen atoms in total. The summed E-state index contributed by atoms with van der Waals surface area (Å²) in [6.07, 6.45) is 0. The number of anilines is 1. The highest BCUT2D eigenvalue weighted by molar-refractivity contribution is 7.20. The van der Waals surface area contributed by atoms with E-state index in [2.05, 4.69) is 15.5 Å². The molecule has 1 N–H and O–H groups in total. The molecule has 0 spiro atoms. The first kappa shape index (κ1) is 21.1. The minimum atomic E-state index is -0.267. The van der Waals surface area contributed by atoms with Crippen LogP contribution in [0.1, 0.15) is 32.3 Å². The SMILES string of the molecule is Cc1nn(-c2ccccc2)c(C)c1NC(=O)c1cc2c(C)nn(Cc3ccc(F)cc3)c2s1. The van der Waals surface area contributed by atoms with Gasteiger partial charge in [-0.2, -0.15) is 10.2 Å². The Morgan fingerprint density at radius 3 is 2.45 bits per heavy atom. The van der Waals surface area contributed by atoms with E-state index in [0.717, 1.165) is 38.5 Å². The van der Waals surface area contributed by atoms with Gasteiger partial charge in [0.25, 0.3) is 5.91 Å². The molecule has 166 valence electrons. The van der Waals surface area contributed by atoms with E-state index in [1.54, 1.807) is 12.1 Å². The zero-order chi connectivity index (χ0) is 23.1. The van der Waals surface area contributed by atoms with Crippen LogP contribution in [0.5, 0.6) is 0 Å². The number of rotatable bonds is 5. The van der Waals surface area contributed by atoms with E-state index in [-0.39, 0.29) is 11.7 Å². The molecule has 3 aromatic heterocycles. The summed E-state index contributed by atoms with van der Waals surface area (Å²) in [7, 11) is 0. The number of thiophene rings is 1. The average Bonchev–Trinajstić information content (AvgIpc) is 3.46. The average molecular weight is 460 g/mol. The zero-order valence-corrected chi connectivity index (χ0v) is 19.3. The predicted octanol–water partition coefficient (Wildman–Crippen LogP) is 5.65. The Balaban J connectivity index is 1.43. The molecule has 8 heteroatoms. The van der Waals surface area contributed by atoms with Crippen molar-refractivity contribution in [3.63, 3.8) is 0 Å². The van der Waals surface area contributed by atoms with Gasteiger partial charge in [-0.25, -0.2) is 9.07 Å². The molecule has 5 aromatic rings. The van der Waals surface area contributed by atoms with Gasteiger partial charge in [0.2, 0.25) is 0 Å². The Bertz CT molecular complexity index is 1460. The number of benzene rings is 2. The van der Waals surface area contributed by atoms with E-state index in [1.165, 1.54) is 23.5 Å². The van der Waals surface area contributed by atoms with Gasteiger partial charge in [0.05, 0.1) is 39.9 Å². The lowest BCUT2D eigenvalue weighted by atomic mass is 10.2. The molecule has 0 bridgehead atoms. The Morgan fingerprint density at radius 2 is 1.73 bits per heavy atom. The van der Waals surface area contributed by atoms with E-state index in [0.29, 0.717) is 17.1 Å². The lowest BCUT2D eigenvalue weighted by Gasteiger charge is -2.06. The number of nitrogens with one attached hydrogen (secondary N) is 1. The highest BCUT2D eigenvalue weighted by Gasteiger charge is 2.20. The highest BCUT2D eigenvalue weighted by atomic mass is 32.1. The molecule has 0 saturated heterocycles. The van der Waals surface area contributed by atoms with Gasteiger partial charge >= 0.3 is 0 Å². The van der Waals surface area contributed by atoms with Gasteiger partial charge in [-0.1, -0.05) is 30.3 Å².